The third-order valence-corrected chi connectivity index (χ3v) is 8.54. The Balaban J connectivity index is 1.55. The maximum atomic E-state index is 13.9. The first-order valence-corrected chi connectivity index (χ1v) is 16.3. The lowest BCUT2D eigenvalue weighted by Gasteiger charge is -2.27. The van der Waals surface area contributed by atoms with Gasteiger partial charge in [0.1, 0.15) is 18.1 Å². The molecule has 4 rings (SSSR count). The van der Waals surface area contributed by atoms with E-state index < -0.39 is 11.7 Å². The third-order valence-electron chi connectivity index (χ3n) is 7.81. The Morgan fingerprint density at radius 3 is 2.11 bits per heavy atom. The largest absolute Gasteiger partial charge is 0.416 e. The van der Waals surface area contributed by atoms with Crippen molar-refractivity contribution in [2.75, 3.05) is 26.2 Å². The van der Waals surface area contributed by atoms with E-state index >= 15 is 0 Å². The lowest BCUT2D eigenvalue weighted by molar-refractivity contribution is -0.137. The van der Waals surface area contributed by atoms with Gasteiger partial charge in [0.25, 0.3) is 5.56 Å². The number of amides is 1. The van der Waals surface area contributed by atoms with Gasteiger partial charge in [0, 0.05) is 26.1 Å². The zero-order valence-electron chi connectivity index (χ0n) is 26.0. The number of alkyl halides is 3. The van der Waals surface area contributed by atoms with E-state index in [2.05, 4.69) is 34.2 Å². The predicted molar refractivity (Wildman–Crippen MR) is 172 cm³/mol. The van der Waals surface area contributed by atoms with E-state index in [4.69, 9.17) is 0 Å². The number of carbonyl (C=O) groups is 1. The minimum Gasteiger partial charge on any atom is -0.335 e. The predicted octanol–water partition coefficient (Wildman–Crippen LogP) is 6.49. The summed E-state index contributed by atoms with van der Waals surface area (Å²) < 4.78 is 40.6. The quantitative estimate of drug-likeness (QED) is 0.149. The molecule has 4 aromatic rings. The molecular weight excluding hydrogens is 599 g/mol. The van der Waals surface area contributed by atoms with Gasteiger partial charge < -0.3 is 9.80 Å². The Morgan fingerprint density at radius 1 is 0.867 bits per heavy atom. The highest BCUT2D eigenvalue weighted by molar-refractivity contribution is 7.07. The molecule has 0 fully saturated rings. The van der Waals surface area contributed by atoms with Crippen molar-refractivity contribution >= 4 is 17.2 Å². The van der Waals surface area contributed by atoms with Crippen LogP contribution in [0, 0.1) is 0 Å². The van der Waals surface area contributed by atoms with Crippen LogP contribution in [0.15, 0.2) is 70.2 Å². The van der Waals surface area contributed by atoms with Crippen LogP contribution in [-0.4, -0.2) is 56.7 Å². The molecule has 0 saturated carbocycles. The molecule has 0 atom stereocenters. The molecule has 1 amide bonds. The molecule has 0 radical (unpaired) electrons. The molecule has 2 aromatic carbocycles. The molecule has 0 aliphatic carbocycles. The number of carbonyl (C=O) groups excluding carboxylic acids is 1. The number of nitrogens with zero attached hydrogens (tertiary/aromatic N) is 5. The summed E-state index contributed by atoms with van der Waals surface area (Å²) in [7, 11) is 0. The number of rotatable bonds is 15. The van der Waals surface area contributed by atoms with Crippen molar-refractivity contribution in [3.05, 3.63) is 104 Å². The first kappa shape index (κ1) is 34.1. The van der Waals surface area contributed by atoms with Gasteiger partial charge in [-0.05, 0) is 77.1 Å². The average molecular weight is 640 g/mol. The van der Waals surface area contributed by atoms with Gasteiger partial charge >= 0.3 is 6.18 Å². The van der Waals surface area contributed by atoms with Gasteiger partial charge in [0.2, 0.25) is 5.91 Å². The summed E-state index contributed by atoms with van der Waals surface area (Å²) in [6.45, 7) is 9.38. The van der Waals surface area contributed by atoms with Crippen molar-refractivity contribution in [1.82, 2.24) is 24.6 Å². The monoisotopic (exact) mass is 639 g/mol. The summed E-state index contributed by atoms with van der Waals surface area (Å²) in [5, 5.41) is 8.67. The second kappa shape index (κ2) is 15.9. The number of halogens is 3. The topological polar surface area (TPSA) is 71.3 Å². The van der Waals surface area contributed by atoms with Gasteiger partial charge in [-0.15, -0.1) is 0 Å². The van der Waals surface area contributed by atoms with E-state index in [0.717, 1.165) is 48.3 Å². The van der Waals surface area contributed by atoms with Gasteiger partial charge in [0.05, 0.1) is 5.56 Å². The number of benzene rings is 2. The molecular formula is C34H40F3N5O2S. The molecule has 2 aromatic heterocycles. The summed E-state index contributed by atoms with van der Waals surface area (Å²) in [5.74, 6) is 0.357. The Morgan fingerprint density at radius 2 is 1.53 bits per heavy atom. The highest BCUT2D eigenvalue weighted by Gasteiger charge is 2.30. The fourth-order valence-corrected chi connectivity index (χ4v) is 5.78. The zero-order chi connectivity index (χ0) is 32.4. The highest BCUT2D eigenvalue weighted by Crippen LogP contribution is 2.31. The van der Waals surface area contributed by atoms with E-state index in [9.17, 15) is 22.8 Å². The molecule has 45 heavy (non-hydrogen) atoms. The van der Waals surface area contributed by atoms with Crippen LogP contribution < -0.4 is 5.56 Å². The molecule has 11 heteroatoms. The molecule has 0 spiro atoms. The summed E-state index contributed by atoms with van der Waals surface area (Å²) in [4.78, 5) is 35.0. The number of likely N-dealkylation sites (N-methyl/N-ethyl adjacent to an activating group) is 1. The van der Waals surface area contributed by atoms with Crippen molar-refractivity contribution < 1.29 is 18.0 Å². The van der Waals surface area contributed by atoms with Crippen molar-refractivity contribution in [3.63, 3.8) is 0 Å². The Hall–Kier alpha value is -3.83. The molecule has 0 aliphatic rings. The van der Waals surface area contributed by atoms with E-state index in [1.165, 1.54) is 12.1 Å². The molecule has 0 N–H and O–H groups in total. The van der Waals surface area contributed by atoms with Crippen LogP contribution in [0.5, 0.6) is 0 Å². The zero-order valence-corrected chi connectivity index (χ0v) is 26.8. The molecule has 0 aliphatic heterocycles. The normalized spacial score (nSPS) is 11.7. The highest BCUT2D eigenvalue weighted by atomic mass is 32.1. The maximum absolute atomic E-state index is 13.9. The second-order valence-electron chi connectivity index (χ2n) is 10.9. The number of aromatic nitrogens is 3. The molecule has 0 bridgehead atoms. The molecule has 0 unspecified atom stereocenters. The third kappa shape index (κ3) is 9.58. The maximum Gasteiger partial charge on any atom is 0.416 e. The van der Waals surface area contributed by atoms with Crippen LogP contribution in [-0.2, 0) is 43.3 Å². The van der Waals surface area contributed by atoms with Gasteiger partial charge in [-0.3, -0.25) is 9.59 Å². The van der Waals surface area contributed by atoms with E-state index in [0.29, 0.717) is 56.0 Å². The Bertz CT molecular complexity index is 1570. The van der Waals surface area contributed by atoms with E-state index in [-0.39, 0.29) is 18.0 Å². The molecule has 0 saturated heterocycles. The number of aryl methyl sites for hydroxylation is 3. The lowest BCUT2D eigenvalue weighted by atomic mass is 10.0. The van der Waals surface area contributed by atoms with Gasteiger partial charge in [-0.25, -0.2) is 4.68 Å². The minimum atomic E-state index is -4.38. The van der Waals surface area contributed by atoms with Gasteiger partial charge in [0.15, 0.2) is 0 Å². The van der Waals surface area contributed by atoms with Gasteiger partial charge in [-0.2, -0.15) is 34.6 Å². The summed E-state index contributed by atoms with van der Waals surface area (Å²) in [6.07, 6.45) is -1.97. The molecule has 240 valence electrons. The van der Waals surface area contributed by atoms with Gasteiger partial charge in [-0.1, -0.05) is 63.6 Å². The van der Waals surface area contributed by atoms with Crippen molar-refractivity contribution in [2.24, 2.45) is 0 Å². The Labute approximate surface area is 266 Å². The van der Waals surface area contributed by atoms with Crippen LogP contribution in [0.2, 0.25) is 0 Å². The van der Waals surface area contributed by atoms with E-state index in [1.807, 2.05) is 42.6 Å². The van der Waals surface area contributed by atoms with Crippen LogP contribution in [0.4, 0.5) is 13.2 Å². The lowest BCUT2D eigenvalue weighted by Crippen LogP contribution is -2.41. The van der Waals surface area contributed by atoms with Crippen molar-refractivity contribution in [3.8, 4) is 11.1 Å². The van der Waals surface area contributed by atoms with Crippen LogP contribution in [0.1, 0.15) is 55.4 Å². The van der Waals surface area contributed by atoms with Crippen LogP contribution >= 0.6 is 11.3 Å². The van der Waals surface area contributed by atoms with Crippen LogP contribution in [0.3, 0.4) is 0 Å². The fraction of sp³-hybridized carbons (Fsp3) is 0.412. The van der Waals surface area contributed by atoms with Crippen molar-refractivity contribution in [2.45, 2.75) is 65.7 Å². The number of thiophene rings is 1. The standard InChI is InChI=1S/C34H40F3N5O2S/c1-4-7-30-33(44)38-31(17-10-26-18-21-45-24-26)42(39-30)23-32(43)41(20-19-40(5-2)6-3)22-25-8-11-27(12-9-25)28-13-15-29(16-14-28)34(35,36)37/h8-9,11-16,18,21,24H,4-7,10,17,19-20,22-23H2,1-3H3. The number of hydrogen-bond donors (Lipinski definition) is 0. The van der Waals surface area contributed by atoms with E-state index in [1.54, 1.807) is 20.9 Å². The summed E-state index contributed by atoms with van der Waals surface area (Å²) in [5.41, 5.74) is 2.84. The summed E-state index contributed by atoms with van der Waals surface area (Å²) in [6, 6.07) is 14.6. The smallest absolute Gasteiger partial charge is 0.335 e. The first-order valence-electron chi connectivity index (χ1n) is 15.4. The molecule has 7 nitrogen and oxygen atoms in total. The van der Waals surface area contributed by atoms with Crippen LogP contribution in [0.25, 0.3) is 11.1 Å². The SMILES string of the molecule is CCCc1nn(CC(=O)N(CCN(CC)CC)Cc2ccc(-c3ccc(C(F)(F)F)cc3)cc2)c(CCc2ccsc2)nc1=O. The number of hydrogen-bond acceptors (Lipinski definition) is 6. The average Bonchev–Trinajstić information content (AvgIpc) is 3.55. The molecule has 2 heterocycles. The first-order chi connectivity index (χ1) is 21.6. The minimum absolute atomic E-state index is 0.0369. The Kier molecular flexibility index (Phi) is 12.1. The summed E-state index contributed by atoms with van der Waals surface area (Å²) >= 11 is 1.61. The fourth-order valence-electron chi connectivity index (χ4n) is 5.08. The second-order valence-corrected chi connectivity index (χ2v) is 11.7. The van der Waals surface area contributed by atoms with Crippen molar-refractivity contribution in [1.29, 1.82) is 0 Å².